The van der Waals surface area contributed by atoms with Gasteiger partial charge in [0.15, 0.2) is 11.5 Å². The van der Waals surface area contributed by atoms with Gasteiger partial charge in [0.1, 0.15) is 5.82 Å². The molecule has 4 aromatic rings. The highest BCUT2D eigenvalue weighted by Gasteiger charge is 2.28. The number of piperazine rings is 1. The van der Waals surface area contributed by atoms with Crippen LogP contribution in [0, 0.1) is 13.8 Å². The fourth-order valence-corrected chi connectivity index (χ4v) is 4.88. The van der Waals surface area contributed by atoms with Crippen LogP contribution in [0.5, 0.6) is 0 Å². The number of benzene rings is 2. The number of hydrogen-bond donors (Lipinski definition) is 0. The zero-order valence-electron chi connectivity index (χ0n) is 21.5. The lowest BCUT2D eigenvalue weighted by Crippen LogP contribution is -2.53. The summed E-state index contributed by atoms with van der Waals surface area (Å²) in [7, 11) is 1.33. The fraction of sp³-hybridized carbons (Fsp3) is 0.276. The number of carbonyl (C=O) groups excluding carboxylic acids is 1. The Balaban J connectivity index is 1.38. The van der Waals surface area contributed by atoms with E-state index in [9.17, 15) is 4.79 Å². The highest BCUT2D eigenvalue weighted by atomic mass is 16.5. The van der Waals surface area contributed by atoms with Gasteiger partial charge >= 0.3 is 5.97 Å². The third-order valence-corrected chi connectivity index (χ3v) is 7.02. The molecule has 1 saturated heterocycles. The zero-order valence-corrected chi connectivity index (χ0v) is 21.5. The second-order valence-electron chi connectivity index (χ2n) is 9.27. The van der Waals surface area contributed by atoms with E-state index in [1.54, 1.807) is 6.20 Å². The fourth-order valence-electron chi connectivity index (χ4n) is 4.88. The average molecular weight is 495 g/mol. The van der Waals surface area contributed by atoms with Gasteiger partial charge in [0.25, 0.3) is 0 Å². The molecule has 1 unspecified atom stereocenters. The van der Waals surface area contributed by atoms with Crippen molar-refractivity contribution in [2.24, 2.45) is 0 Å². The molecule has 8 heteroatoms. The molecule has 5 rings (SSSR count). The number of rotatable bonds is 5. The van der Waals surface area contributed by atoms with Gasteiger partial charge in [-0.1, -0.05) is 54.6 Å². The molecule has 0 saturated carbocycles. The summed E-state index contributed by atoms with van der Waals surface area (Å²) >= 11 is 0. The van der Waals surface area contributed by atoms with Crippen molar-refractivity contribution in [1.29, 1.82) is 0 Å². The van der Waals surface area contributed by atoms with Gasteiger partial charge in [-0.05, 0) is 43.0 Å². The van der Waals surface area contributed by atoms with Gasteiger partial charge in [0.2, 0.25) is 0 Å². The summed E-state index contributed by atoms with van der Waals surface area (Å²) in [5.41, 5.74) is 6.77. The molecule has 2 aromatic carbocycles. The predicted molar refractivity (Wildman–Crippen MR) is 145 cm³/mol. The number of aromatic nitrogens is 4. The van der Waals surface area contributed by atoms with E-state index >= 15 is 0 Å². The first-order valence-electron chi connectivity index (χ1n) is 12.4. The Bertz CT molecular complexity index is 1410. The van der Waals surface area contributed by atoms with Crippen molar-refractivity contribution in [3.8, 4) is 22.4 Å². The van der Waals surface area contributed by atoms with Crippen LogP contribution in [0.3, 0.4) is 0 Å². The predicted octanol–water partition coefficient (Wildman–Crippen LogP) is 4.72. The van der Waals surface area contributed by atoms with Crippen LogP contribution in [-0.2, 0) is 4.74 Å². The topological polar surface area (TPSA) is 84.3 Å². The average Bonchev–Trinajstić information content (AvgIpc) is 2.94. The molecule has 2 aromatic heterocycles. The minimum atomic E-state index is -0.490. The number of ether oxygens (including phenoxy) is 1. The maximum Gasteiger partial charge on any atom is 0.358 e. The maximum absolute atomic E-state index is 11.7. The van der Waals surface area contributed by atoms with E-state index in [1.165, 1.54) is 13.3 Å². The summed E-state index contributed by atoms with van der Waals surface area (Å²) in [4.78, 5) is 24.8. The summed E-state index contributed by atoms with van der Waals surface area (Å²) in [6.07, 6.45) is 3.10. The van der Waals surface area contributed by atoms with E-state index < -0.39 is 5.97 Å². The number of esters is 1. The molecule has 0 aliphatic carbocycles. The van der Waals surface area contributed by atoms with Crippen LogP contribution in [0.1, 0.15) is 28.5 Å². The smallest absolute Gasteiger partial charge is 0.358 e. The standard InChI is InChI=1S/C29H30N6O2/c1-19-18-34(14-15-35(19)26-17-30-25(16-31-26)29(36)37-4)28-21(3)20(2)27(32-33-28)24-13-9-8-12-23(24)22-10-6-5-7-11-22/h5-13,16-17,19H,14-15,18H2,1-4H3. The lowest BCUT2D eigenvalue weighted by atomic mass is 9.94. The number of nitrogens with zero attached hydrogens (tertiary/aromatic N) is 6. The molecule has 8 nitrogen and oxygen atoms in total. The van der Waals surface area contributed by atoms with Crippen molar-refractivity contribution < 1.29 is 9.53 Å². The van der Waals surface area contributed by atoms with Crippen LogP contribution in [0.2, 0.25) is 0 Å². The zero-order chi connectivity index (χ0) is 25.9. The Labute approximate surface area is 217 Å². The van der Waals surface area contributed by atoms with Crippen LogP contribution in [-0.4, -0.2) is 58.9 Å². The molecule has 0 bridgehead atoms. The van der Waals surface area contributed by atoms with Gasteiger partial charge in [-0.2, -0.15) is 0 Å². The molecule has 1 fully saturated rings. The Morgan fingerprint density at radius 1 is 0.892 bits per heavy atom. The van der Waals surface area contributed by atoms with Gasteiger partial charge in [-0.3, -0.25) is 0 Å². The summed E-state index contributed by atoms with van der Waals surface area (Å²) in [5.74, 6) is 1.17. The summed E-state index contributed by atoms with van der Waals surface area (Å²) in [6, 6.07) is 18.9. The van der Waals surface area contributed by atoms with Gasteiger partial charge in [-0.25, -0.2) is 14.8 Å². The normalized spacial score (nSPS) is 15.5. The maximum atomic E-state index is 11.7. The van der Waals surface area contributed by atoms with Gasteiger partial charge in [0.05, 0.1) is 25.2 Å². The van der Waals surface area contributed by atoms with E-state index in [-0.39, 0.29) is 11.7 Å². The van der Waals surface area contributed by atoms with Gasteiger partial charge < -0.3 is 14.5 Å². The highest BCUT2D eigenvalue weighted by Crippen LogP contribution is 2.35. The first-order chi connectivity index (χ1) is 18.0. The van der Waals surface area contributed by atoms with Gasteiger partial charge in [-0.15, -0.1) is 10.2 Å². The number of methoxy groups -OCH3 is 1. The quantitative estimate of drug-likeness (QED) is 0.369. The molecular formula is C29H30N6O2. The molecule has 1 aliphatic rings. The molecule has 188 valence electrons. The van der Waals surface area contributed by atoms with Crippen molar-refractivity contribution in [3.63, 3.8) is 0 Å². The molecule has 0 spiro atoms. The molecule has 37 heavy (non-hydrogen) atoms. The van der Waals surface area contributed by atoms with Crippen LogP contribution < -0.4 is 9.80 Å². The largest absolute Gasteiger partial charge is 0.464 e. The molecule has 3 heterocycles. The Hall–Kier alpha value is -4.33. The number of anilines is 2. The SMILES string of the molecule is COC(=O)c1cnc(N2CCN(c3nnc(-c4ccccc4-c4ccccc4)c(C)c3C)CC2C)cn1. The van der Waals surface area contributed by atoms with Crippen LogP contribution in [0.15, 0.2) is 67.0 Å². The Kier molecular flexibility index (Phi) is 6.81. The van der Waals surface area contributed by atoms with E-state index in [2.05, 4.69) is 83.0 Å². The Morgan fingerprint density at radius 2 is 1.62 bits per heavy atom. The second-order valence-corrected chi connectivity index (χ2v) is 9.27. The molecule has 1 atom stereocenters. The molecule has 0 N–H and O–H groups in total. The first-order valence-corrected chi connectivity index (χ1v) is 12.4. The third kappa shape index (κ3) is 4.74. The van der Waals surface area contributed by atoms with Crippen molar-refractivity contribution in [2.45, 2.75) is 26.8 Å². The number of carbonyl (C=O) groups is 1. The molecule has 1 aliphatic heterocycles. The Morgan fingerprint density at radius 3 is 2.30 bits per heavy atom. The second kappa shape index (κ2) is 10.3. The lowest BCUT2D eigenvalue weighted by molar-refractivity contribution is 0.0593. The van der Waals surface area contributed by atoms with Crippen LogP contribution in [0.25, 0.3) is 22.4 Å². The lowest BCUT2D eigenvalue weighted by Gasteiger charge is -2.41. The monoisotopic (exact) mass is 494 g/mol. The van der Waals surface area contributed by atoms with Crippen molar-refractivity contribution in [1.82, 2.24) is 20.2 Å². The third-order valence-electron chi connectivity index (χ3n) is 7.02. The minimum Gasteiger partial charge on any atom is -0.464 e. The van der Waals surface area contributed by atoms with Crippen molar-refractivity contribution in [3.05, 3.63) is 83.8 Å². The summed E-state index contributed by atoms with van der Waals surface area (Å²) < 4.78 is 4.72. The van der Waals surface area contributed by atoms with Crippen molar-refractivity contribution >= 4 is 17.6 Å². The van der Waals surface area contributed by atoms with E-state index in [4.69, 9.17) is 14.9 Å². The molecule has 0 radical (unpaired) electrons. The van der Waals surface area contributed by atoms with Crippen LogP contribution in [0.4, 0.5) is 11.6 Å². The van der Waals surface area contributed by atoms with Crippen molar-refractivity contribution in [2.75, 3.05) is 36.5 Å². The summed E-state index contributed by atoms with van der Waals surface area (Å²) in [5, 5.41) is 9.46. The van der Waals surface area contributed by atoms with E-state index in [0.717, 1.165) is 64.8 Å². The molecule has 0 amide bonds. The van der Waals surface area contributed by atoms with E-state index in [0.29, 0.717) is 0 Å². The first kappa shape index (κ1) is 24.4. The number of hydrogen-bond acceptors (Lipinski definition) is 8. The summed E-state index contributed by atoms with van der Waals surface area (Å²) in [6.45, 7) is 8.72. The van der Waals surface area contributed by atoms with E-state index in [1.807, 2.05) is 12.1 Å². The highest BCUT2D eigenvalue weighted by molar-refractivity contribution is 5.87. The minimum absolute atomic E-state index is 0.173. The van der Waals surface area contributed by atoms with Crippen LogP contribution >= 0.6 is 0 Å². The van der Waals surface area contributed by atoms with Gasteiger partial charge in [0, 0.05) is 31.2 Å². The molecular weight excluding hydrogens is 464 g/mol.